The molecule has 0 heterocycles. The Morgan fingerprint density at radius 3 is 2.59 bits per heavy atom. The number of amides is 1. The Kier molecular flexibility index (Phi) is 6.07. The van der Waals surface area contributed by atoms with Crippen molar-refractivity contribution in [2.75, 3.05) is 6.26 Å². The van der Waals surface area contributed by atoms with Crippen molar-refractivity contribution in [2.45, 2.75) is 36.6 Å². The molecule has 0 aromatic heterocycles. The van der Waals surface area contributed by atoms with Crippen molar-refractivity contribution in [3.8, 4) is 0 Å². The molecule has 0 aliphatic heterocycles. The molecule has 0 spiro atoms. The lowest BCUT2D eigenvalue weighted by atomic mass is 9.92. The van der Waals surface area contributed by atoms with E-state index in [-0.39, 0.29) is 18.2 Å². The maximum Gasteiger partial charge on any atom is 0.305 e. The van der Waals surface area contributed by atoms with Crippen molar-refractivity contribution in [3.63, 3.8) is 0 Å². The van der Waals surface area contributed by atoms with Crippen LogP contribution in [-0.2, 0) is 9.59 Å². The van der Waals surface area contributed by atoms with Gasteiger partial charge < -0.3 is 10.4 Å². The van der Waals surface area contributed by atoms with Gasteiger partial charge in [0.1, 0.15) is 0 Å². The molecule has 1 aromatic rings. The largest absolute Gasteiger partial charge is 0.481 e. The second-order valence-corrected chi connectivity index (χ2v) is 6.29. The molecule has 0 bridgehead atoms. The Morgan fingerprint density at radius 2 is 2.05 bits per heavy atom. The monoisotopic (exact) mass is 319 g/mol. The fourth-order valence-electron chi connectivity index (χ4n) is 2.58. The van der Waals surface area contributed by atoms with E-state index >= 15 is 0 Å². The Balaban J connectivity index is 2.09. The number of rotatable bonds is 6. The second-order valence-electron chi connectivity index (χ2n) is 5.41. The predicted octanol–water partition coefficient (Wildman–Crippen LogP) is 3.40. The molecule has 118 valence electrons. The Hall–Kier alpha value is -1.75. The first kappa shape index (κ1) is 16.6. The molecule has 2 unspecified atom stereocenters. The van der Waals surface area contributed by atoms with Crippen LogP contribution in [0.3, 0.4) is 0 Å². The summed E-state index contributed by atoms with van der Waals surface area (Å²) in [4.78, 5) is 24.6. The molecule has 1 aliphatic carbocycles. The maximum absolute atomic E-state index is 12.3. The van der Waals surface area contributed by atoms with E-state index in [4.69, 9.17) is 5.11 Å². The van der Waals surface area contributed by atoms with E-state index in [2.05, 4.69) is 11.4 Å². The number of benzene rings is 1. The zero-order valence-corrected chi connectivity index (χ0v) is 13.4. The van der Waals surface area contributed by atoms with Crippen molar-refractivity contribution in [2.24, 2.45) is 5.92 Å². The zero-order valence-electron chi connectivity index (χ0n) is 12.6. The first-order valence-electron chi connectivity index (χ1n) is 7.41. The number of hydrogen-bond donors (Lipinski definition) is 2. The van der Waals surface area contributed by atoms with Crippen molar-refractivity contribution in [1.82, 2.24) is 5.32 Å². The summed E-state index contributed by atoms with van der Waals surface area (Å²) >= 11 is 1.63. The summed E-state index contributed by atoms with van der Waals surface area (Å²) in [6.07, 6.45) is 8.45. The topological polar surface area (TPSA) is 66.4 Å². The van der Waals surface area contributed by atoms with E-state index in [9.17, 15) is 9.59 Å². The van der Waals surface area contributed by atoms with E-state index in [1.54, 1.807) is 11.8 Å². The van der Waals surface area contributed by atoms with E-state index in [0.29, 0.717) is 0 Å². The van der Waals surface area contributed by atoms with Crippen LogP contribution in [0.1, 0.15) is 37.3 Å². The third-order valence-corrected chi connectivity index (χ3v) is 4.60. The summed E-state index contributed by atoms with van der Waals surface area (Å²) in [6.45, 7) is 0. The highest BCUT2D eigenvalue weighted by Crippen LogP contribution is 2.24. The van der Waals surface area contributed by atoms with Crippen molar-refractivity contribution in [1.29, 1.82) is 0 Å². The van der Waals surface area contributed by atoms with Gasteiger partial charge in [-0.15, -0.1) is 11.8 Å². The molecule has 0 saturated heterocycles. The fraction of sp³-hybridized carbons (Fsp3) is 0.412. The minimum absolute atomic E-state index is 0.0493. The van der Waals surface area contributed by atoms with Crippen LogP contribution in [0.15, 0.2) is 41.3 Å². The molecule has 2 rings (SSSR count). The lowest BCUT2D eigenvalue weighted by molar-refractivity contribution is -0.138. The number of nitrogens with one attached hydrogen (secondary N) is 1. The quantitative estimate of drug-likeness (QED) is 0.623. The van der Waals surface area contributed by atoms with Crippen LogP contribution in [0.4, 0.5) is 0 Å². The minimum atomic E-state index is -0.914. The van der Waals surface area contributed by atoms with Gasteiger partial charge in [0.05, 0.1) is 12.5 Å². The summed E-state index contributed by atoms with van der Waals surface area (Å²) < 4.78 is 0. The lowest BCUT2D eigenvalue weighted by Gasteiger charge is -2.23. The average molecular weight is 319 g/mol. The van der Waals surface area contributed by atoms with Crippen LogP contribution < -0.4 is 5.32 Å². The Bertz CT molecular complexity index is 554. The predicted molar refractivity (Wildman–Crippen MR) is 87.8 cm³/mol. The minimum Gasteiger partial charge on any atom is -0.481 e. The first-order chi connectivity index (χ1) is 10.6. The average Bonchev–Trinajstić information content (AvgIpc) is 2.54. The van der Waals surface area contributed by atoms with Crippen molar-refractivity contribution >= 4 is 23.6 Å². The molecule has 2 atom stereocenters. The number of carboxylic acids is 1. The van der Waals surface area contributed by atoms with Gasteiger partial charge in [-0.25, -0.2) is 0 Å². The van der Waals surface area contributed by atoms with Gasteiger partial charge in [0, 0.05) is 10.8 Å². The molecule has 1 aliphatic rings. The number of carbonyl (C=O) groups excluding carboxylic acids is 1. The molecule has 4 nitrogen and oxygen atoms in total. The molecule has 1 amide bonds. The van der Waals surface area contributed by atoms with Gasteiger partial charge in [-0.05, 0) is 43.2 Å². The number of allylic oxidation sites excluding steroid dienone is 2. The van der Waals surface area contributed by atoms with Crippen LogP contribution >= 0.6 is 11.8 Å². The van der Waals surface area contributed by atoms with Gasteiger partial charge in [0.15, 0.2) is 0 Å². The molecule has 2 N–H and O–H groups in total. The van der Waals surface area contributed by atoms with Crippen molar-refractivity contribution < 1.29 is 14.7 Å². The summed E-state index contributed by atoms with van der Waals surface area (Å²) in [5.74, 6) is -1.01. The van der Waals surface area contributed by atoms with Gasteiger partial charge in [-0.2, -0.15) is 0 Å². The molecule has 0 radical (unpaired) electrons. The molecule has 22 heavy (non-hydrogen) atoms. The number of hydrogen-bond acceptors (Lipinski definition) is 3. The smallest absolute Gasteiger partial charge is 0.305 e. The van der Waals surface area contributed by atoms with Gasteiger partial charge in [0.25, 0.3) is 0 Å². The third-order valence-electron chi connectivity index (χ3n) is 3.85. The normalized spacial score (nSPS) is 18.7. The standard InChI is InChI=1S/C17H21NO3S/c1-22-14-9-7-12(8-10-14)15(11-16(19)20)18-17(21)13-5-3-2-4-6-13/h2-3,7-10,13,15H,4-6,11H2,1H3,(H,18,21)(H,19,20). The number of thioether (sulfide) groups is 1. The van der Waals surface area contributed by atoms with Crippen LogP contribution in [0.5, 0.6) is 0 Å². The third kappa shape index (κ3) is 4.63. The van der Waals surface area contributed by atoms with E-state index in [1.165, 1.54) is 0 Å². The lowest BCUT2D eigenvalue weighted by Crippen LogP contribution is -2.35. The summed E-state index contributed by atoms with van der Waals surface area (Å²) in [5, 5.41) is 12.0. The molecule has 5 heteroatoms. The summed E-state index contributed by atoms with van der Waals surface area (Å²) in [6, 6.07) is 7.20. The van der Waals surface area contributed by atoms with Crippen LogP contribution in [-0.4, -0.2) is 23.2 Å². The van der Waals surface area contributed by atoms with Crippen LogP contribution in [0.2, 0.25) is 0 Å². The Morgan fingerprint density at radius 1 is 1.32 bits per heavy atom. The Labute approximate surface area is 135 Å². The van der Waals surface area contributed by atoms with E-state index < -0.39 is 12.0 Å². The van der Waals surface area contributed by atoms with E-state index in [0.717, 1.165) is 29.7 Å². The summed E-state index contributed by atoms with van der Waals surface area (Å²) in [7, 11) is 0. The molecule has 0 saturated carbocycles. The van der Waals surface area contributed by atoms with E-state index in [1.807, 2.05) is 36.6 Å². The highest BCUT2D eigenvalue weighted by Gasteiger charge is 2.23. The number of aliphatic carboxylic acids is 1. The highest BCUT2D eigenvalue weighted by atomic mass is 32.2. The first-order valence-corrected chi connectivity index (χ1v) is 8.63. The second kappa shape index (κ2) is 8.03. The van der Waals surface area contributed by atoms with Gasteiger partial charge >= 0.3 is 5.97 Å². The zero-order chi connectivity index (χ0) is 15.9. The van der Waals surface area contributed by atoms with Crippen LogP contribution in [0.25, 0.3) is 0 Å². The maximum atomic E-state index is 12.3. The number of carboxylic acid groups (broad SMARTS) is 1. The highest BCUT2D eigenvalue weighted by molar-refractivity contribution is 7.98. The molecule has 1 aromatic carbocycles. The molecular weight excluding hydrogens is 298 g/mol. The molecule has 0 fully saturated rings. The fourth-order valence-corrected chi connectivity index (χ4v) is 2.99. The van der Waals surface area contributed by atoms with Crippen molar-refractivity contribution in [3.05, 3.63) is 42.0 Å². The molecular formula is C17H21NO3S. The number of carbonyl (C=O) groups is 2. The van der Waals surface area contributed by atoms with Crippen LogP contribution in [0, 0.1) is 5.92 Å². The van der Waals surface area contributed by atoms with Gasteiger partial charge in [-0.1, -0.05) is 24.3 Å². The SMILES string of the molecule is CSc1ccc(C(CC(=O)O)NC(=O)C2CC=CCC2)cc1. The summed E-state index contributed by atoms with van der Waals surface area (Å²) in [5.41, 5.74) is 0.833. The van der Waals surface area contributed by atoms with Gasteiger partial charge in [0.2, 0.25) is 5.91 Å². The van der Waals surface area contributed by atoms with Gasteiger partial charge in [-0.3, -0.25) is 9.59 Å².